The number of aromatic nitrogens is 2. The van der Waals surface area contributed by atoms with Gasteiger partial charge >= 0.3 is 0 Å². The SMILES string of the molecule is Oc1ccc(Oc2ccc(-c3nc4cccc(F)c4nc3-c3ccc(Oc4ccc(O)cc4)cc3)cc2)cc1. The largest absolute Gasteiger partial charge is 0.508 e. The van der Waals surface area contributed by atoms with E-state index in [2.05, 4.69) is 4.98 Å². The zero-order valence-corrected chi connectivity index (χ0v) is 20.5. The monoisotopic (exact) mass is 516 g/mol. The first-order valence-corrected chi connectivity index (χ1v) is 12.1. The van der Waals surface area contributed by atoms with Gasteiger partial charge in [0.15, 0.2) is 5.82 Å². The summed E-state index contributed by atoms with van der Waals surface area (Å²) in [5.74, 6) is 2.27. The Hall–Kier alpha value is -5.43. The number of aromatic hydroxyl groups is 2. The van der Waals surface area contributed by atoms with E-state index >= 15 is 0 Å². The van der Waals surface area contributed by atoms with Gasteiger partial charge in [0.1, 0.15) is 40.0 Å². The van der Waals surface area contributed by atoms with Crippen molar-refractivity contribution in [1.29, 1.82) is 0 Å². The van der Waals surface area contributed by atoms with Crippen LogP contribution in [0.15, 0.2) is 115 Å². The Balaban J connectivity index is 1.35. The van der Waals surface area contributed by atoms with E-state index in [1.807, 2.05) is 36.4 Å². The molecule has 190 valence electrons. The van der Waals surface area contributed by atoms with Gasteiger partial charge in [-0.1, -0.05) is 6.07 Å². The van der Waals surface area contributed by atoms with Crippen molar-refractivity contribution < 1.29 is 24.1 Å². The van der Waals surface area contributed by atoms with Gasteiger partial charge in [-0.2, -0.15) is 0 Å². The molecule has 2 N–H and O–H groups in total. The van der Waals surface area contributed by atoms with Gasteiger partial charge in [-0.25, -0.2) is 14.4 Å². The molecule has 5 aromatic carbocycles. The maximum atomic E-state index is 14.7. The second-order valence-electron chi connectivity index (χ2n) is 8.77. The Kier molecular flexibility index (Phi) is 6.23. The van der Waals surface area contributed by atoms with Crippen molar-refractivity contribution in [2.24, 2.45) is 0 Å². The molecule has 6 nitrogen and oxygen atoms in total. The summed E-state index contributed by atoms with van der Waals surface area (Å²) in [6.07, 6.45) is 0. The normalized spacial score (nSPS) is 10.9. The lowest BCUT2D eigenvalue weighted by atomic mass is 10.0. The van der Waals surface area contributed by atoms with Gasteiger partial charge in [-0.3, -0.25) is 0 Å². The summed E-state index contributed by atoms with van der Waals surface area (Å²) in [5, 5.41) is 19.0. The van der Waals surface area contributed by atoms with E-state index in [1.165, 1.54) is 6.07 Å². The van der Waals surface area contributed by atoms with Crippen LogP contribution in [-0.2, 0) is 0 Å². The first-order chi connectivity index (χ1) is 19.0. The van der Waals surface area contributed by atoms with Crippen LogP contribution in [0.2, 0.25) is 0 Å². The van der Waals surface area contributed by atoms with Gasteiger partial charge in [0, 0.05) is 11.1 Å². The van der Waals surface area contributed by atoms with Crippen molar-refractivity contribution >= 4 is 11.0 Å². The minimum Gasteiger partial charge on any atom is -0.508 e. The molecule has 1 aromatic heterocycles. The van der Waals surface area contributed by atoms with E-state index in [9.17, 15) is 14.6 Å². The van der Waals surface area contributed by atoms with Crippen LogP contribution in [0.5, 0.6) is 34.5 Å². The van der Waals surface area contributed by atoms with E-state index in [0.717, 1.165) is 11.1 Å². The van der Waals surface area contributed by atoms with Gasteiger partial charge in [0.2, 0.25) is 0 Å². The smallest absolute Gasteiger partial charge is 0.151 e. The average Bonchev–Trinajstić information content (AvgIpc) is 2.96. The second kappa shape index (κ2) is 10.1. The number of para-hydroxylation sites is 1. The topological polar surface area (TPSA) is 84.7 Å². The fourth-order valence-electron chi connectivity index (χ4n) is 4.11. The Morgan fingerprint density at radius 1 is 0.487 bits per heavy atom. The Labute approximate surface area is 223 Å². The summed E-state index contributed by atoms with van der Waals surface area (Å²) in [4.78, 5) is 9.46. The third-order valence-corrected chi connectivity index (χ3v) is 6.05. The number of ether oxygens (including phenoxy) is 2. The van der Waals surface area contributed by atoms with E-state index in [1.54, 1.807) is 72.8 Å². The molecule has 6 aromatic rings. The molecule has 0 aliphatic carbocycles. The number of phenols is 2. The number of phenolic OH excluding ortho intramolecular Hbond substituents is 2. The molecule has 0 spiro atoms. The van der Waals surface area contributed by atoms with Gasteiger partial charge < -0.3 is 19.7 Å². The van der Waals surface area contributed by atoms with Crippen LogP contribution in [0.1, 0.15) is 0 Å². The molecule has 0 amide bonds. The molecule has 6 rings (SSSR count). The molecule has 0 atom stereocenters. The van der Waals surface area contributed by atoms with E-state index in [0.29, 0.717) is 39.9 Å². The highest BCUT2D eigenvalue weighted by Crippen LogP contribution is 2.34. The molecule has 0 bridgehead atoms. The summed E-state index contributed by atoms with van der Waals surface area (Å²) < 4.78 is 26.4. The van der Waals surface area contributed by atoms with Crippen molar-refractivity contribution in [3.05, 3.63) is 121 Å². The summed E-state index contributed by atoms with van der Waals surface area (Å²) in [7, 11) is 0. The predicted molar refractivity (Wildman–Crippen MR) is 147 cm³/mol. The number of fused-ring (bicyclic) bond motifs is 1. The highest BCUT2D eigenvalue weighted by atomic mass is 19.1. The van der Waals surface area contributed by atoms with Crippen molar-refractivity contribution in [3.63, 3.8) is 0 Å². The lowest BCUT2D eigenvalue weighted by molar-refractivity contribution is 0.464. The van der Waals surface area contributed by atoms with Crippen molar-refractivity contribution in [1.82, 2.24) is 9.97 Å². The van der Waals surface area contributed by atoms with Gasteiger partial charge in [0.25, 0.3) is 0 Å². The number of benzene rings is 5. The molecule has 0 unspecified atom stereocenters. The molecule has 39 heavy (non-hydrogen) atoms. The maximum absolute atomic E-state index is 14.7. The zero-order chi connectivity index (χ0) is 26.8. The molecular formula is C32H21FN2O4. The minimum atomic E-state index is -0.447. The third kappa shape index (κ3) is 5.19. The quantitative estimate of drug-likeness (QED) is 0.233. The highest BCUT2D eigenvalue weighted by Gasteiger charge is 2.16. The maximum Gasteiger partial charge on any atom is 0.151 e. The van der Waals surface area contributed by atoms with Gasteiger partial charge in [-0.05, 0) is 109 Å². The number of hydrogen-bond donors (Lipinski definition) is 2. The van der Waals surface area contributed by atoms with Crippen LogP contribution in [0, 0.1) is 5.82 Å². The summed E-state index contributed by atoms with van der Waals surface area (Å²) in [6, 6.07) is 32.3. The van der Waals surface area contributed by atoms with Crippen LogP contribution in [0.3, 0.4) is 0 Å². The Morgan fingerprint density at radius 3 is 1.36 bits per heavy atom. The number of nitrogens with zero attached hydrogens (tertiary/aromatic N) is 2. The highest BCUT2D eigenvalue weighted by molar-refractivity contribution is 5.86. The number of hydrogen-bond acceptors (Lipinski definition) is 6. The third-order valence-electron chi connectivity index (χ3n) is 6.05. The van der Waals surface area contributed by atoms with Crippen LogP contribution < -0.4 is 9.47 Å². The standard InChI is InChI=1S/C32H21FN2O4/c33-28-2-1-3-29-32(28)35-31(21-6-14-25(15-7-21)39-27-18-10-23(37)11-19-27)30(34-29)20-4-12-24(13-5-20)38-26-16-8-22(36)9-17-26/h1-19,36-37H. The summed E-state index contributed by atoms with van der Waals surface area (Å²) in [5.41, 5.74) is 3.28. The Bertz CT molecular complexity index is 1750. The van der Waals surface area contributed by atoms with Crippen molar-refractivity contribution in [2.45, 2.75) is 0 Å². The molecular weight excluding hydrogens is 495 g/mol. The number of halogens is 1. The van der Waals surface area contributed by atoms with Crippen LogP contribution >= 0.6 is 0 Å². The van der Waals surface area contributed by atoms with E-state index < -0.39 is 5.82 Å². The molecule has 1 heterocycles. The van der Waals surface area contributed by atoms with Crippen LogP contribution in [0.4, 0.5) is 4.39 Å². The molecule has 0 radical (unpaired) electrons. The lowest BCUT2D eigenvalue weighted by Crippen LogP contribution is -1.97. The van der Waals surface area contributed by atoms with Gasteiger partial charge in [-0.15, -0.1) is 0 Å². The lowest BCUT2D eigenvalue weighted by Gasteiger charge is -2.13. The molecule has 0 saturated heterocycles. The second-order valence-corrected chi connectivity index (χ2v) is 8.77. The van der Waals surface area contributed by atoms with Crippen LogP contribution in [-0.4, -0.2) is 20.2 Å². The zero-order valence-electron chi connectivity index (χ0n) is 20.5. The fourth-order valence-corrected chi connectivity index (χ4v) is 4.11. The predicted octanol–water partition coefficient (Wildman–Crippen LogP) is 8.10. The molecule has 0 fully saturated rings. The molecule has 0 aliphatic rings. The van der Waals surface area contributed by atoms with E-state index in [4.69, 9.17) is 14.5 Å². The summed E-state index contributed by atoms with van der Waals surface area (Å²) in [6.45, 7) is 0. The molecule has 7 heteroatoms. The van der Waals surface area contributed by atoms with Crippen LogP contribution in [0.25, 0.3) is 33.5 Å². The molecule has 0 saturated carbocycles. The van der Waals surface area contributed by atoms with Crippen molar-refractivity contribution in [3.8, 4) is 57.0 Å². The molecule has 0 aliphatic heterocycles. The van der Waals surface area contributed by atoms with Crippen molar-refractivity contribution in [2.75, 3.05) is 0 Å². The first kappa shape index (κ1) is 23.9. The first-order valence-electron chi connectivity index (χ1n) is 12.1. The van der Waals surface area contributed by atoms with Gasteiger partial charge in [0.05, 0.1) is 16.9 Å². The summed E-state index contributed by atoms with van der Waals surface area (Å²) >= 11 is 0. The Morgan fingerprint density at radius 2 is 0.897 bits per heavy atom. The number of rotatable bonds is 6. The fraction of sp³-hybridized carbons (Fsp3) is 0. The van der Waals surface area contributed by atoms with E-state index in [-0.39, 0.29) is 17.0 Å². The minimum absolute atomic E-state index is 0.160. The average molecular weight is 517 g/mol.